The molecule has 0 aromatic carbocycles. The van der Waals surface area contributed by atoms with Crippen molar-refractivity contribution >= 4 is 5.97 Å². The van der Waals surface area contributed by atoms with E-state index >= 15 is 0 Å². The molecule has 0 bridgehead atoms. The Morgan fingerprint density at radius 3 is 1.88 bits per heavy atom. The monoisotopic (exact) mass is 816 g/mol. The molecule has 0 aromatic heterocycles. The van der Waals surface area contributed by atoms with Crippen LogP contribution in [0.4, 0.5) is 0 Å². The van der Waals surface area contributed by atoms with E-state index in [1.807, 2.05) is 0 Å². The second kappa shape index (κ2) is 18.5. The molecule has 6 fully saturated rings. The summed E-state index contributed by atoms with van der Waals surface area (Å²) in [5.41, 5.74) is 0. The average Bonchev–Trinajstić information content (AvgIpc) is 3.15. The molecule has 6 aliphatic rings. The first-order valence-electron chi connectivity index (χ1n) is 18.9. The topological polar surface area (TPSA) is 354 Å². The first-order chi connectivity index (χ1) is 26.5. The van der Waals surface area contributed by atoms with Crippen molar-refractivity contribution in [3.05, 3.63) is 0 Å². The van der Waals surface area contributed by atoms with Crippen molar-refractivity contribution in [2.75, 3.05) is 19.8 Å². The summed E-state index contributed by atoms with van der Waals surface area (Å²) in [7, 11) is 0. The van der Waals surface area contributed by atoms with E-state index < -0.39 is 172 Å². The first kappa shape index (κ1) is 44.2. The van der Waals surface area contributed by atoms with Crippen LogP contribution in [0.25, 0.3) is 0 Å². The maximum atomic E-state index is 11.4. The van der Waals surface area contributed by atoms with Gasteiger partial charge in [0.1, 0.15) is 79.9 Å². The molecule has 22 atom stereocenters. The Morgan fingerprint density at radius 2 is 1.21 bits per heavy atom. The van der Waals surface area contributed by atoms with Gasteiger partial charge in [0.15, 0.2) is 18.9 Å². The highest BCUT2D eigenvalue weighted by Gasteiger charge is 2.56. The van der Waals surface area contributed by atoms with E-state index in [9.17, 15) is 71.2 Å². The number of hydrogen-bond acceptors (Lipinski definition) is 22. The zero-order valence-electron chi connectivity index (χ0n) is 30.5. The lowest BCUT2D eigenvalue weighted by Crippen LogP contribution is -2.65. The zero-order valence-corrected chi connectivity index (χ0v) is 30.5. The van der Waals surface area contributed by atoms with Gasteiger partial charge in [0.2, 0.25) is 0 Å². The Labute approximate surface area is 320 Å². The molecular weight excluding hydrogens is 760 g/mol. The number of aliphatic hydroxyl groups is 13. The molecule has 324 valence electrons. The Hall–Kier alpha value is -1.33. The normalized spacial score (nSPS) is 52.9. The summed E-state index contributed by atoms with van der Waals surface area (Å²) in [6, 6.07) is 0. The number of aliphatic hydroxyl groups excluding tert-OH is 13. The van der Waals surface area contributed by atoms with E-state index in [0.717, 1.165) is 6.92 Å². The van der Waals surface area contributed by atoms with Crippen LogP contribution in [-0.2, 0) is 42.7 Å². The summed E-state index contributed by atoms with van der Waals surface area (Å²) >= 11 is 0. The molecular formula is C34H56O22. The summed E-state index contributed by atoms with van der Waals surface area (Å²) in [4.78, 5) is 11.4. The Morgan fingerprint density at radius 1 is 0.589 bits per heavy atom. The van der Waals surface area contributed by atoms with E-state index in [-0.39, 0.29) is 32.1 Å². The molecule has 4 heterocycles. The van der Waals surface area contributed by atoms with Crippen LogP contribution in [0.3, 0.4) is 0 Å². The van der Waals surface area contributed by atoms with Gasteiger partial charge in [0.05, 0.1) is 55.9 Å². The van der Waals surface area contributed by atoms with E-state index in [4.69, 9.17) is 37.9 Å². The quantitative estimate of drug-likeness (QED) is 0.0911. The Balaban J connectivity index is 1.28. The van der Waals surface area contributed by atoms with Gasteiger partial charge in [-0.15, -0.1) is 0 Å². The fourth-order valence-electron chi connectivity index (χ4n) is 8.67. The Bertz CT molecular complexity index is 1270. The lowest BCUT2D eigenvalue weighted by molar-refractivity contribution is -0.373. The van der Waals surface area contributed by atoms with Gasteiger partial charge in [-0.1, -0.05) is 0 Å². The van der Waals surface area contributed by atoms with E-state index in [2.05, 4.69) is 0 Å². The van der Waals surface area contributed by atoms with Crippen LogP contribution < -0.4 is 0 Å². The number of carbonyl (C=O) groups is 1. The highest BCUT2D eigenvalue weighted by molar-refractivity contribution is 5.65. The molecule has 0 amide bonds. The smallest absolute Gasteiger partial charge is 0.302 e. The minimum atomic E-state index is -1.84. The van der Waals surface area contributed by atoms with Crippen molar-refractivity contribution in [3.63, 3.8) is 0 Å². The highest BCUT2D eigenvalue weighted by Crippen LogP contribution is 2.45. The van der Waals surface area contributed by atoms with Gasteiger partial charge in [-0.05, 0) is 31.6 Å². The summed E-state index contributed by atoms with van der Waals surface area (Å²) in [6.45, 7) is -0.599. The van der Waals surface area contributed by atoms with Gasteiger partial charge >= 0.3 is 5.97 Å². The second-order valence-corrected chi connectivity index (χ2v) is 15.7. The third-order valence-electron chi connectivity index (χ3n) is 11.8. The van der Waals surface area contributed by atoms with Gasteiger partial charge in [-0.25, -0.2) is 0 Å². The molecule has 2 aliphatic carbocycles. The largest absolute Gasteiger partial charge is 0.463 e. The van der Waals surface area contributed by atoms with Gasteiger partial charge in [-0.2, -0.15) is 0 Å². The van der Waals surface area contributed by atoms with Crippen molar-refractivity contribution in [1.29, 1.82) is 0 Å². The fraction of sp³-hybridized carbons (Fsp3) is 0.971. The number of esters is 1. The summed E-state index contributed by atoms with van der Waals surface area (Å²) in [5, 5.41) is 137. The van der Waals surface area contributed by atoms with Gasteiger partial charge in [0.25, 0.3) is 0 Å². The van der Waals surface area contributed by atoms with E-state index in [0.29, 0.717) is 0 Å². The molecule has 56 heavy (non-hydrogen) atoms. The molecule has 0 radical (unpaired) electrons. The highest BCUT2D eigenvalue weighted by atomic mass is 16.8. The van der Waals surface area contributed by atoms with E-state index in [1.54, 1.807) is 0 Å². The fourth-order valence-corrected chi connectivity index (χ4v) is 8.67. The van der Waals surface area contributed by atoms with Crippen molar-refractivity contribution in [1.82, 2.24) is 0 Å². The minimum Gasteiger partial charge on any atom is -0.463 e. The predicted molar refractivity (Wildman–Crippen MR) is 176 cm³/mol. The summed E-state index contributed by atoms with van der Waals surface area (Å²) in [6.07, 6.45) is -32.3. The number of fused-ring (bicyclic) bond motifs is 1. The number of rotatable bonds is 10. The standard InChI is InChI=1S/C34H56O22/c1-10(36)49-9-21-25(44)26(45)29(48)33(55-21)52-18-5-12(37)4-17-13(18)6-19(30(51-17)11-2-14(38)22(41)15(39)3-11)53-34-31(27(46)24(43)20(7-35)54-34)56-32-28(47)23(42)16(40)8-50-32/h11-35,37-48H,2-9H2,1H3/t11?,12?,13?,14?,15?,16-,17?,18?,19?,20-,21-,22?,23+,24+,25-,26+,27+,28-,29-,30?,31-,32+,33-,34-/m1/s1. The van der Waals surface area contributed by atoms with Crippen LogP contribution in [0.2, 0.25) is 0 Å². The molecule has 4 aliphatic heterocycles. The number of ether oxygens (including phenoxy) is 8. The van der Waals surface area contributed by atoms with Crippen molar-refractivity contribution in [3.8, 4) is 0 Å². The molecule has 2 saturated carbocycles. The predicted octanol–water partition coefficient (Wildman–Crippen LogP) is -7.19. The van der Waals surface area contributed by atoms with Crippen molar-refractivity contribution < 1.29 is 109 Å². The number of hydrogen-bond donors (Lipinski definition) is 13. The zero-order chi connectivity index (χ0) is 40.7. The molecule has 13 N–H and O–H groups in total. The van der Waals surface area contributed by atoms with Crippen LogP contribution in [0, 0.1) is 11.8 Å². The van der Waals surface area contributed by atoms with Crippen LogP contribution in [0.15, 0.2) is 0 Å². The average molecular weight is 817 g/mol. The minimum absolute atomic E-state index is 0.00862. The number of carbonyl (C=O) groups excluding carboxylic acids is 1. The van der Waals surface area contributed by atoms with Gasteiger partial charge in [0, 0.05) is 19.3 Å². The maximum absolute atomic E-state index is 11.4. The molecule has 4 saturated heterocycles. The molecule has 0 spiro atoms. The third-order valence-corrected chi connectivity index (χ3v) is 11.8. The van der Waals surface area contributed by atoms with Crippen LogP contribution >= 0.6 is 0 Å². The summed E-state index contributed by atoms with van der Waals surface area (Å²) in [5.74, 6) is -2.07. The van der Waals surface area contributed by atoms with Crippen LogP contribution in [-0.4, -0.2) is 227 Å². The van der Waals surface area contributed by atoms with Crippen LogP contribution in [0.5, 0.6) is 0 Å². The van der Waals surface area contributed by atoms with Crippen molar-refractivity contribution in [2.45, 2.75) is 174 Å². The molecule has 22 nitrogen and oxygen atoms in total. The van der Waals surface area contributed by atoms with E-state index in [1.165, 1.54) is 0 Å². The molecule has 6 rings (SSSR count). The molecule has 0 aromatic rings. The van der Waals surface area contributed by atoms with Gasteiger partial charge < -0.3 is 104 Å². The molecule has 22 heteroatoms. The van der Waals surface area contributed by atoms with Gasteiger partial charge in [-0.3, -0.25) is 4.79 Å². The van der Waals surface area contributed by atoms with Crippen LogP contribution in [0.1, 0.15) is 39.0 Å². The maximum Gasteiger partial charge on any atom is 0.302 e. The Kier molecular flexibility index (Phi) is 14.6. The first-order valence-corrected chi connectivity index (χ1v) is 18.9. The SMILES string of the molecule is CC(=O)OC[C@H]1O[C@@H](OC2CC(O)CC3OC(C4CC(O)C(O)C(O)C4)C(O[C@@H]4O[C@H](CO)[C@H](O)[C@H](O)[C@H]4O[C@@H]4OC[C@@H](O)[C@H](O)[C@H]4O)CC32)[C@H](O)[C@@H](O)[C@@H]1O. The second-order valence-electron chi connectivity index (χ2n) is 15.7. The molecule has 8 unspecified atom stereocenters. The van der Waals surface area contributed by atoms with Crippen molar-refractivity contribution in [2.24, 2.45) is 11.8 Å². The summed E-state index contributed by atoms with van der Waals surface area (Å²) < 4.78 is 47.0. The third kappa shape index (κ3) is 9.34. The lowest BCUT2D eigenvalue weighted by Gasteiger charge is -2.53. The lowest BCUT2D eigenvalue weighted by atomic mass is 9.72.